The van der Waals surface area contributed by atoms with Crippen LogP contribution < -0.4 is 10.5 Å². The van der Waals surface area contributed by atoms with Crippen LogP contribution in [-0.2, 0) is 14.8 Å². The SMILES string of the molecule is Cc1ccc(NC(=O)C2CCC(c3ccc(Cl)cc3)CC2)cc1S(N)(=O)=O. The summed E-state index contributed by atoms with van der Waals surface area (Å²) in [7, 11) is -3.82. The number of nitrogens with two attached hydrogens (primary N) is 1. The summed E-state index contributed by atoms with van der Waals surface area (Å²) in [6.07, 6.45) is 3.48. The maximum atomic E-state index is 12.6. The number of hydrogen-bond donors (Lipinski definition) is 2. The first-order chi connectivity index (χ1) is 12.7. The van der Waals surface area contributed by atoms with Crippen LogP contribution in [-0.4, -0.2) is 14.3 Å². The van der Waals surface area contributed by atoms with Crippen molar-refractivity contribution in [1.29, 1.82) is 0 Å². The lowest BCUT2D eigenvalue weighted by Crippen LogP contribution is -2.27. The highest BCUT2D eigenvalue weighted by molar-refractivity contribution is 7.89. The zero-order valence-corrected chi connectivity index (χ0v) is 16.7. The van der Waals surface area contributed by atoms with Crippen LogP contribution in [0.3, 0.4) is 0 Å². The van der Waals surface area contributed by atoms with Crippen LogP contribution in [0, 0.1) is 12.8 Å². The molecule has 3 rings (SSSR count). The number of aryl methyl sites for hydroxylation is 1. The van der Waals surface area contributed by atoms with Crippen LogP contribution in [0.2, 0.25) is 5.02 Å². The second kappa shape index (κ2) is 8.00. The van der Waals surface area contributed by atoms with Gasteiger partial charge in [0.25, 0.3) is 0 Å². The Kier molecular flexibility index (Phi) is 5.89. The highest BCUT2D eigenvalue weighted by Gasteiger charge is 2.27. The maximum Gasteiger partial charge on any atom is 0.238 e. The number of carbonyl (C=O) groups is 1. The summed E-state index contributed by atoms with van der Waals surface area (Å²) >= 11 is 5.94. The molecule has 1 saturated carbocycles. The first-order valence-corrected chi connectivity index (χ1v) is 10.9. The fourth-order valence-corrected chi connectivity index (χ4v) is 4.59. The quantitative estimate of drug-likeness (QED) is 0.796. The van der Waals surface area contributed by atoms with E-state index in [-0.39, 0.29) is 16.7 Å². The van der Waals surface area contributed by atoms with Crippen LogP contribution in [0.5, 0.6) is 0 Å². The monoisotopic (exact) mass is 406 g/mol. The van der Waals surface area contributed by atoms with E-state index < -0.39 is 10.0 Å². The van der Waals surface area contributed by atoms with E-state index in [1.54, 1.807) is 19.1 Å². The molecule has 144 valence electrons. The molecule has 0 aromatic heterocycles. The lowest BCUT2D eigenvalue weighted by molar-refractivity contribution is -0.120. The number of benzene rings is 2. The Hall–Kier alpha value is -1.89. The Bertz CT molecular complexity index is 934. The summed E-state index contributed by atoms with van der Waals surface area (Å²) in [5.41, 5.74) is 2.27. The van der Waals surface area contributed by atoms with E-state index in [1.807, 2.05) is 12.1 Å². The predicted molar refractivity (Wildman–Crippen MR) is 107 cm³/mol. The molecule has 0 heterocycles. The fourth-order valence-electron chi connectivity index (χ4n) is 3.65. The number of rotatable bonds is 4. The molecule has 7 heteroatoms. The van der Waals surface area contributed by atoms with Crippen molar-refractivity contribution in [2.24, 2.45) is 11.1 Å². The molecule has 1 fully saturated rings. The van der Waals surface area contributed by atoms with Gasteiger partial charge in [0.15, 0.2) is 0 Å². The number of hydrogen-bond acceptors (Lipinski definition) is 3. The average molecular weight is 407 g/mol. The number of sulfonamides is 1. The van der Waals surface area contributed by atoms with Crippen LogP contribution in [0.15, 0.2) is 47.4 Å². The van der Waals surface area contributed by atoms with Gasteiger partial charge in [-0.2, -0.15) is 0 Å². The molecular weight excluding hydrogens is 384 g/mol. The number of halogens is 1. The zero-order chi connectivity index (χ0) is 19.6. The van der Waals surface area contributed by atoms with Gasteiger partial charge in [-0.15, -0.1) is 0 Å². The summed E-state index contributed by atoms with van der Waals surface area (Å²) in [4.78, 5) is 12.6. The summed E-state index contributed by atoms with van der Waals surface area (Å²) in [5, 5.41) is 8.79. The molecule has 0 spiro atoms. The minimum atomic E-state index is -3.82. The third-order valence-corrected chi connectivity index (χ3v) is 6.51. The van der Waals surface area contributed by atoms with E-state index in [0.29, 0.717) is 17.2 Å². The molecule has 2 aromatic rings. The molecule has 1 aliphatic carbocycles. The molecule has 0 unspecified atom stereocenters. The first kappa shape index (κ1) is 19.9. The average Bonchev–Trinajstić information content (AvgIpc) is 2.63. The summed E-state index contributed by atoms with van der Waals surface area (Å²) in [6.45, 7) is 1.67. The van der Waals surface area contributed by atoms with Crippen molar-refractivity contribution in [2.75, 3.05) is 5.32 Å². The van der Waals surface area contributed by atoms with Crippen molar-refractivity contribution >= 4 is 33.2 Å². The van der Waals surface area contributed by atoms with Crippen molar-refractivity contribution in [3.05, 3.63) is 58.6 Å². The van der Waals surface area contributed by atoms with E-state index in [4.69, 9.17) is 16.7 Å². The molecule has 0 bridgehead atoms. The van der Waals surface area contributed by atoms with E-state index in [9.17, 15) is 13.2 Å². The highest BCUT2D eigenvalue weighted by Crippen LogP contribution is 2.36. The number of primary sulfonamides is 1. The Labute approximate surface area is 165 Å². The first-order valence-electron chi connectivity index (χ1n) is 8.94. The highest BCUT2D eigenvalue weighted by atomic mass is 35.5. The topological polar surface area (TPSA) is 89.3 Å². The molecule has 0 aliphatic heterocycles. The molecule has 1 aliphatic rings. The van der Waals surface area contributed by atoms with Crippen LogP contribution in [0.25, 0.3) is 0 Å². The van der Waals surface area contributed by atoms with Crippen molar-refractivity contribution in [1.82, 2.24) is 0 Å². The Morgan fingerprint density at radius 2 is 1.70 bits per heavy atom. The van der Waals surface area contributed by atoms with Gasteiger partial charge in [-0.25, -0.2) is 13.6 Å². The van der Waals surface area contributed by atoms with E-state index in [0.717, 1.165) is 30.7 Å². The Balaban J connectivity index is 1.62. The molecule has 1 amide bonds. The van der Waals surface area contributed by atoms with Crippen LogP contribution >= 0.6 is 11.6 Å². The number of carbonyl (C=O) groups excluding carboxylic acids is 1. The molecule has 2 aromatic carbocycles. The van der Waals surface area contributed by atoms with Gasteiger partial charge < -0.3 is 5.32 Å². The predicted octanol–water partition coefficient (Wildman–Crippen LogP) is 4.21. The van der Waals surface area contributed by atoms with Crippen LogP contribution in [0.1, 0.15) is 42.7 Å². The van der Waals surface area contributed by atoms with E-state index >= 15 is 0 Å². The third-order valence-electron chi connectivity index (χ3n) is 5.20. The Morgan fingerprint density at radius 3 is 2.30 bits per heavy atom. The molecule has 27 heavy (non-hydrogen) atoms. The standard InChI is InChI=1S/C20H23ClN2O3S/c1-13-2-11-18(12-19(13)27(22,25)26)23-20(24)16-5-3-14(4-6-16)15-7-9-17(21)10-8-15/h2,7-12,14,16H,3-6H2,1H3,(H,23,24)(H2,22,25,26). The van der Waals surface area contributed by atoms with Gasteiger partial charge in [-0.3, -0.25) is 4.79 Å². The fraction of sp³-hybridized carbons (Fsp3) is 0.350. The van der Waals surface area contributed by atoms with Gasteiger partial charge in [0.1, 0.15) is 0 Å². The van der Waals surface area contributed by atoms with Gasteiger partial charge >= 0.3 is 0 Å². The third kappa shape index (κ3) is 4.89. The van der Waals surface area contributed by atoms with Crippen LogP contribution in [0.4, 0.5) is 5.69 Å². The molecule has 0 saturated heterocycles. The van der Waals surface area contributed by atoms with Gasteiger partial charge in [0.05, 0.1) is 4.90 Å². The second-order valence-electron chi connectivity index (χ2n) is 7.11. The molecule has 0 atom stereocenters. The number of amides is 1. The summed E-state index contributed by atoms with van der Waals surface area (Å²) < 4.78 is 23.3. The van der Waals surface area contributed by atoms with Gasteiger partial charge in [0.2, 0.25) is 15.9 Å². The lowest BCUT2D eigenvalue weighted by atomic mass is 9.78. The van der Waals surface area contributed by atoms with Gasteiger partial charge in [0, 0.05) is 16.6 Å². The van der Waals surface area contributed by atoms with Gasteiger partial charge in [-0.1, -0.05) is 29.8 Å². The second-order valence-corrected chi connectivity index (χ2v) is 9.08. The summed E-state index contributed by atoms with van der Waals surface area (Å²) in [6, 6.07) is 12.7. The largest absolute Gasteiger partial charge is 0.326 e. The van der Waals surface area contributed by atoms with Crippen molar-refractivity contribution in [3.63, 3.8) is 0 Å². The molecule has 0 radical (unpaired) electrons. The molecule has 5 nitrogen and oxygen atoms in total. The maximum absolute atomic E-state index is 12.6. The molecular formula is C20H23ClN2O3S. The van der Waals surface area contributed by atoms with E-state index in [2.05, 4.69) is 17.4 Å². The minimum absolute atomic E-state index is 0.0340. The molecule has 3 N–H and O–H groups in total. The number of nitrogens with one attached hydrogen (secondary N) is 1. The normalized spacial score (nSPS) is 20.3. The zero-order valence-electron chi connectivity index (χ0n) is 15.1. The van der Waals surface area contributed by atoms with Crippen molar-refractivity contribution < 1.29 is 13.2 Å². The minimum Gasteiger partial charge on any atom is -0.326 e. The Morgan fingerprint density at radius 1 is 1.07 bits per heavy atom. The van der Waals surface area contributed by atoms with Crippen molar-refractivity contribution in [3.8, 4) is 0 Å². The lowest BCUT2D eigenvalue weighted by Gasteiger charge is -2.28. The summed E-state index contributed by atoms with van der Waals surface area (Å²) in [5.74, 6) is 0.293. The van der Waals surface area contributed by atoms with Crippen molar-refractivity contribution in [2.45, 2.75) is 43.4 Å². The van der Waals surface area contributed by atoms with E-state index in [1.165, 1.54) is 11.6 Å². The smallest absolute Gasteiger partial charge is 0.238 e. The number of anilines is 1. The van der Waals surface area contributed by atoms with Gasteiger partial charge in [-0.05, 0) is 73.9 Å².